The number of hydrogen-bond acceptors (Lipinski definition) is 4. The summed E-state index contributed by atoms with van der Waals surface area (Å²) in [6, 6.07) is 3.34. The average Bonchev–Trinajstić information content (AvgIpc) is 2.44. The summed E-state index contributed by atoms with van der Waals surface area (Å²) in [6.45, 7) is 2.75. The number of rotatable bonds is 4. The van der Waals surface area contributed by atoms with E-state index >= 15 is 0 Å². The summed E-state index contributed by atoms with van der Waals surface area (Å²) in [6.07, 6.45) is 5.24. The van der Waals surface area contributed by atoms with Crippen LogP contribution in [-0.2, 0) is 6.54 Å². The SMILES string of the molecule is CC1CCCC(O)(CNC(=O)c2ccnc(CN)c2)C1. The average molecular weight is 277 g/mol. The van der Waals surface area contributed by atoms with E-state index in [0.29, 0.717) is 30.3 Å². The zero-order valence-corrected chi connectivity index (χ0v) is 11.9. The molecule has 1 heterocycles. The lowest BCUT2D eigenvalue weighted by Gasteiger charge is -2.35. The Hall–Kier alpha value is -1.46. The van der Waals surface area contributed by atoms with Gasteiger partial charge in [0.1, 0.15) is 0 Å². The van der Waals surface area contributed by atoms with E-state index in [1.807, 2.05) is 0 Å². The molecular formula is C15H23N3O2. The Morgan fingerprint density at radius 1 is 1.65 bits per heavy atom. The number of nitrogens with one attached hydrogen (secondary N) is 1. The Bertz CT molecular complexity index is 478. The molecule has 0 aromatic carbocycles. The van der Waals surface area contributed by atoms with E-state index in [4.69, 9.17) is 5.73 Å². The molecule has 20 heavy (non-hydrogen) atoms. The Kier molecular flexibility index (Phi) is 4.73. The largest absolute Gasteiger partial charge is 0.388 e. The lowest BCUT2D eigenvalue weighted by atomic mass is 9.79. The highest BCUT2D eigenvalue weighted by Gasteiger charge is 2.32. The van der Waals surface area contributed by atoms with Crippen molar-refractivity contribution in [2.45, 2.75) is 44.8 Å². The van der Waals surface area contributed by atoms with Crippen molar-refractivity contribution in [3.63, 3.8) is 0 Å². The number of amides is 1. The summed E-state index contributed by atoms with van der Waals surface area (Å²) in [5.41, 5.74) is 5.96. The molecule has 4 N–H and O–H groups in total. The zero-order chi connectivity index (χ0) is 14.6. The summed E-state index contributed by atoms with van der Waals surface area (Å²) in [4.78, 5) is 16.1. The van der Waals surface area contributed by atoms with Crippen molar-refractivity contribution in [3.05, 3.63) is 29.6 Å². The van der Waals surface area contributed by atoms with Crippen LogP contribution in [0.15, 0.2) is 18.3 Å². The molecule has 1 aliphatic rings. The maximum absolute atomic E-state index is 12.1. The van der Waals surface area contributed by atoms with Crippen LogP contribution in [0.4, 0.5) is 0 Å². The third kappa shape index (κ3) is 3.77. The molecule has 1 aromatic rings. The highest BCUT2D eigenvalue weighted by molar-refractivity contribution is 5.94. The van der Waals surface area contributed by atoms with Gasteiger partial charge < -0.3 is 16.2 Å². The predicted octanol–water partition coefficient (Wildman–Crippen LogP) is 1.21. The summed E-state index contributed by atoms with van der Waals surface area (Å²) in [7, 11) is 0. The Balaban J connectivity index is 1.94. The molecule has 2 atom stereocenters. The van der Waals surface area contributed by atoms with Crippen LogP contribution in [0.3, 0.4) is 0 Å². The van der Waals surface area contributed by atoms with E-state index in [-0.39, 0.29) is 5.91 Å². The molecule has 2 rings (SSSR count). The fraction of sp³-hybridized carbons (Fsp3) is 0.600. The number of nitrogens with zero attached hydrogens (tertiary/aromatic N) is 1. The van der Waals surface area contributed by atoms with Gasteiger partial charge in [0.2, 0.25) is 0 Å². The first-order valence-electron chi connectivity index (χ1n) is 7.18. The van der Waals surface area contributed by atoms with Crippen molar-refractivity contribution >= 4 is 5.91 Å². The van der Waals surface area contributed by atoms with Gasteiger partial charge in [0.05, 0.1) is 11.3 Å². The van der Waals surface area contributed by atoms with Gasteiger partial charge in [0.25, 0.3) is 5.91 Å². The highest BCUT2D eigenvalue weighted by atomic mass is 16.3. The van der Waals surface area contributed by atoms with Crippen LogP contribution < -0.4 is 11.1 Å². The van der Waals surface area contributed by atoms with Crippen molar-refractivity contribution in [2.24, 2.45) is 11.7 Å². The number of carbonyl (C=O) groups excluding carboxylic acids is 1. The van der Waals surface area contributed by atoms with Crippen LogP contribution in [0.25, 0.3) is 0 Å². The second kappa shape index (κ2) is 6.33. The minimum absolute atomic E-state index is 0.186. The standard InChI is InChI=1S/C15H23N3O2/c1-11-3-2-5-15(20,8-11)10-18-14(19)12-4-6-17-13(7-12)9-16/h4,6-7,11,20H,2-3,5,8-10,16H2,1H3,(H,18,19). The molecule has 0 radical (unpaired) electrons. The third-order valence-corrected chi connectivity index (χ3v) is 3.93. The minimum atomic E-state index is -0.767. The van der Waals surface area contributed by atoms with Crippen LogP contribution in [0.2, 0.25) is 0 Å². The van der Waals surface area contributed by atoms with Crippen molar-refractivity contribution in [1.82, 2.24) is 10.3 Å². The van der Waals surface area contributed by atoms with Gasteiger partial charge in [-0.1, -0.05) is 19.8 Å². The smallest absolute Gasteiger partial charge is 0.251 e. The molecule has 1 saturated carbocycles. The van der Waals surface area contributed by atoms with Gasteiger partial charge in [-0.2, -0.15) is 0 Å². The monoisotopic (exact) mass is 277 g/mol. The number of pyridine rings is 1. The number of nitrogens with two attached hydrogens (primary N) is 1. The molecule has 5 heteroatoms. The zero-order valence-electron chi connectivity index (χ0n) is 11.9. The number of aliphatic hydroxyl groups is 1. The van der Waals surface area contributed by atoms with Crippen LogP contribution in [0.1, 0.15) is 48.7 Å². The van der Waals surface area contributed by atoms with E-state index in [9.17, 15) is 9.90 Å². The lowest BCUT2D eigenvalue weighted by molar-refractivity contribution is -0.0109. The first kappa shape index (κ1) is 14.9. The normalized spacial score (nSPS) is 26.2. The van der Waals surface area contributed by atoms with Crippen LogP contribution >= 0.6 is 0 Å². The summed E-state index contributed by atoms with van der Waals surface area (Å²) < 4.78 is 0. The van der Waals surface area contributed by atoms with Gasteiger partial charge in [-0.3, -0.25) is 9.78 Å². The van der Waals surface area contributed by atoms with Crippen LogP contribution in [-0.4, -0.2) is 28.1 Å². The molecule has 110 valence electrons. The molecule has 2 unspecified atom stereocenters. The fourth-order valence-electron chi connectivity index (χ4n) is 2.87. The van der Waals surface area contributed by atoms with E-state index in [0.717, 1.165) is 25.7 Å². The topological polar surface area (TPSA) is 88.2 Å². The molecule has 1 aromatic heterocycles. The molecule has 0 bridgehead atoms. The van der Waals surface area contributed by atoms with Gasteiger partial charge in [-0.15, -0.1) is 0 Å². The first-order chi connectivity index (χ1) is 9.52. The lowest BCUT2D eigenvalue weighted by Crippen LogP contribution is -2.45. The summed E-state index contributed by atoms with van der Waals surface area (Å²) in [5.74, 6) is 0.323. The Labute approximate surface area is 119 Å². The van der Waals surface area contributed by atoms with Crippen LogP contribution in [0, 0.1) is 5.92 Å². The van der Waals surface area contributed by atoms with Crippen molar-refractivity contribution < 1.29 is 9.90 Å². The minimum Gasteiger partial charge on any atom is -0.388 e. The highest BCUT2D eigenvalue weighted by Crippen LogP contribution is 2.31. The molecule has 1 aliphatic carbocycles. The molecular weight excluding hydrogens is 254 g/mol. The molecule has 5 nitrogen and oxygen atoms in total. The predicted molar refractivity (Wildman–Crippen MR) is 77.0 cm³/mol. The molecule has 1 amide bonds. The van der Waals surface area contributed by atoms with Crippen molar-refractivity contribution in [2.75, 3.05) is 6.54 Å². The van der Waals surface area contributed by atoms with Crippen molar-refractivity contribution in [1.29, 1.82) is 0 Å². The number of aromatic nitrogens is 1. The van der Waals surface area contributed by atoms with Gasteiger partial charge in [-0.25, -0.2) is 0 Å². The fourth-order valence-corrected chi connectivity index (χ4v) is 2.87. The van der Waals surface area contributed by atoms with Crippen LogP contribution in [0.5, 0.6) is 0 Å². The van der Waals surface area contributed by atoms with E-state index in [1.165, 1.54) is 0 Å². The molecule has 0 saturated heterocycles. The van der Waals surface area contributed by atoms with Gasteiger partial charge in [0, 0.05) is 24.8 Å². The van der Waals surface area contributed by atoms with Gasteiger partial charge >= 0.3 is 0 Å². The van der Waals surface area contributed by atoms with E-state index in [2.05, 4.69) is 17.2 Å². The molecule has 1 fully saturated rings. The summed E-state index contributed by atoms with van der Waals surface area (Å²) >= 11 is 0. The molecule has 0 aliphatic heterocycles. The summed E-state index contributed by atoms with van der Waals surface area (Å²) in [5, 5.41) is 13.3. The number of hydrogen-bond donors (Lipinski definition) is 3. The maximum atomic E-state index is 12.1. The van der Waals surface area contributed by atoms with Crippen molar-refractivity contribution in [3.8, 4) is 0 Å². The Morgan fingerprint density at radius 2 is 2.45 bits per heavy atom. The first-order valence-corrected chi connectivity index (χ1v) is 7.18. The number of carbonyl (C=O) groups is 1. The maximum Gasteiger partial charge on any atom is 0.251 e. The Morgan fingerprint density at radius 3 is 3.15 bits per heavy atom. The third-order valence-electron chi connectivity index (χ3n) is 3.93. The van der Waals surface area contributed by atoms with Gasteiger partial charge in [0.15, 0.2) is 0 Å². The van der Waals surface area contributed by atoms with E-state index < -0.39 is 5.60 Å². The van der Waals surface area contributed by atoms with Gasteiger partial charge in [-0.05, 0) is 30.9 Å². The quantitative estimate of drug-likeness (QED) is 0.772. The second-order valence-corrected chi connectivity index (χ2v) is 5.85. The second-order valence-electron chi connectivity index (χ2n) is 5.85. The molecule has 0 spiro atoms. The van der Waals surface area contributed by atoms with E-state index in [1.54, 1.807) is 18.3 Å².